The second kappa shape index (κ2) is 7.99. The topological polar surface area (TPSA) is 106 Å². The highest BCUT2D eigenvalue weighted by Gasteiger charge is 2.41. The number of hydrogen-bond acceptors (Lipinski definition) is 6. The van der Waals surface area contributed by atoms with E-state index in [2.05, 4.69) is 9.71 Å². The number of imide groups is 1. The Labute approximate surface area is 179 Å². The fourth-order valence-corrected chi connectivity index (χ4v) is 5.14. The molecule has 0 aliphatic carbocycles. The predicted octanol–water partition coefficient (Wildman–Crippen LogP) is 2.91. The number of benzene rings is 2. The van der Waals surface area contributed by atoms with Crippen molar-refractivity contribution in [3.05, 3.63) is 60.3 Å². The average Bonchev–Trinajstić information content (AvgIpc) is 3.06. The standard InChI is InChI=1S/C22H21N3O5S/c1-3-25-20(26)13-17(22(25)27)16-12-15(30-2)9-10-19(16)31(28,29)24-18-8-4-6-14-7-5-11-23-21(14)18/h4-12,17,24H,3,13H2,1-2H3. The number of methoxy groups -OCH3 is 1. The second-order valence-electron chi connectivity index (χ2n) is 7.12. The van der Waals surface area contributed by atoms with Gasteiger partial charge in [-0.15, -0.1) is 0 Å². The second-order valence-corrected chi connectivity index (χ2v) is 8.77. The molecule has 1 saturated heterocycles. The molecule has 0 bridgehead atoms. The molecule has 1 aliphatic heterocycles. The molecule has 1 N–H and O–H groups in total. The highest BCUT2D eigenvalue weighted by atomic mass is 32.2. The van der Waals surface area contributed by atoms with Crippen molar-refractivity contribution in [1.82, 2.24) is 9.88 Å². The van der Waals surface area contributed by atoms with Crippen LogP contribution in [0.15, 0.2) is 59.6 Å². The number of aromatic nitrogens is 1. The average molecular weight is 439 g/mol. The van der Waals surface area contributed by atoms with Gasteiger partial charge in [-0.2, -0.15) is 0 Å². The molecule has 1 fully saturated rings. The third kappa shape index (κ3) is 3.72. The SMILES string of the molecule is CCN1C(=O)CC(c2cc(OC)ccc2S(=O)(=O)Nc2cccc3cccnc23)C1=O. The van der Waals surface area contributed by atoms with Crippen molar-refractivity contribution in [1.29, 1.82) is 0 Å². The Balaban J connectivity index is 1.80. The smallest absolute Gasteiger partial charge is 0.262 e. The van der Waals surface area contributed by atoms with Crippen molar-refractivity contribution < 1.29 is 22.7 Å². The quantitative estimate of drug-likeness (QED) is 0.592. The maximum atomic E-state index is 13.4. The van der Waals surface area contributed by atoms with E-state index in [9.17, 15) is 18.0 Å². The van der Waals surface area contributed by atoms with E-state index in [0.29, 0.717) is 17.0 Å². The number of fused-ring (bicyclic) bond motifs is 1. The van der Waals surface area contributed by atoms with Gasteiger partial charge in [0.15, 0.2) is 0 Å². The molecule has 0 spiro atoms. The van der Waals surface area contributed by atoms with Gasteiger partial charge in [0, 0.05) is 24.5 Å². The van der Waals surface area contributed by atoms with Gasteiger partial charge in [-0.3, -0.25) is 24.2 Å². The molecule has 31 heavy (non-hydrogen) atoms. The Morgan fingerprint density at radius 3 is 2.65 bits per heavy atom. The van der Waals surface area contributed by atoms with Crippen LogP contribution in [-0.4, -0.2) is 43.8 Å². The summed E-state index contributed by atoms with van der Waals surface area (Å²) >= 11 is 0. The lowest BCUT2D eigenvalue weighted by molar-refractivity contribution is -0.138. The zero-order chi connectivity index (χ0) is 22.2. The van der Waals surface area contributed by atoms with E-state index in [4.69, 9.17) is 4.74 Å². The maximum absolute atomic E-state index is 13.4. The Morgan fingerprint density at radius 2 is 1.94 bits per heavy atom. The first kappa shape index (κ1) is 20.8. The molecule has 1 aromatic heterocycles. The predicted molar refractivity (Wildman–Crippen MR) is 115 cm³/mol. The van der Waals surface area contributed by atoms with Crippen molar-refractivity contribution in [2.24, 2.45) is 0 Å². The van der Waals surface area contributed by atoms with E-state index in [1.165, 1.54) is 25.3 Å². The zero-order valence-corrected chi connectivity index (χ0v) is 17.8. The van der Waals surface area contributed by atoms with Crippen LogP contribution in [0.25, 0.3) is 10.9 Å². The van der Waals surface area contributed by atoms with E-state index in [1.807, 2.05) is 12.1 Å². The molecular formula is C22H21N3O5S. The van der Waals surface area contributed by atoms with Crippen LogP contribution >= 0.6 is 0 Å². The third-order valence-electron chi connectivity index (χ3n) is 5.32. The van der Waals surface area contributed by atoms with Gasteiger partial charge in [0.2, 0.25) is 11.8 Å². The van der Waals surface area contributed by atoms with Gasteiger partial charge in [0.05, 0.1) is 29.1 Å². The molecule has 8 nitrogen and oxygen atoms in total. The summed E-state index contributed by atoms with van der Waals surface area (Å²) in [6.45, 7) is 1.94. The number of nitrogens with zero attached hydrogens (tertiary/aromatic N) is 2. The Hall–Kier alpha value is -3.46. The molecule has 0 radical (unpaired) electrons. The summed E-state index contributed by atoms with van der Waals surface area (Å²) in [5.41, 5.74) is 1.06. The van der Waals surface area contributed by atoms with Crippen LogP contribution in [0.3, 0.4) is 0 Å². The van der Waals surface area contributed by atoms with Crippen molar-refractivity contribution in [3.63, 3.8) is 0 Å². The molecule has 9 heteroatoms. The van der Waals surface area contributed by atoms with E-state index in [1.54, 1.807) is 31.3 Å². The summed E-state index contributed by atoms with van der Waals surface area (Å²) in [6, 6.07) is 13.2. The minimum atomic E-state index is -4.09. The van der Waals surface area contributed by atoms with Crippen molar-refractivity contribution in [2.75, 3.05) is 18.4 Å². The van der Waals surface area contributed by atoms with E-state index < -0.39 is 21.8 Å². The fourth-order valence-electron chi connectivity index (χ4n) is 3.82. The number of carbonyl (C=O) groups is 2. The van der Waals surface area contributed by atoms with E-state index in [0.717, 1.165) is 10.3 Å². The fraction of sp³-hybridized carbons (Fsp3) is 0.227. The van der Waals surface area contributed by atoms with Gasteiger partial charge in [-0.25, -0.2) is 8.42 Å². The van der Waals surface area contributed by atoms with Crippen LogP contribution in [0, 0.1) is 0 Å². The number of para-hydroxylation sites is 1. The Bertz CT molecular complexity index is 1280. The first-order chi connectivity index (χ1) is 14.9. The molecule has 160 valence electrons. The largest absolute Gasteiger partial charge is 0.497 e. The van der Waals surface area contributed by atoms with E-state index in [-0.39, 0.29) is 29.3 Å². The van der Waals surface area contributed by atoms with Gasteiger partial charge < -0.3 is 4.74 Å². The number of carbonyl (C=O) groups excluding carboxylic acids is 2. The molecule has 1 aliphatic rings. The number of sulfonamides is 1. The lowest BCUT2D eigenvalue weighted by atomic mass is 9.97. The maximum Gasteiger partial charge on any atom is 0.262 e. The molecule has 2 heterocycles. The van der Waals surface area contributed by atoms with Crippen molar-refractivity contribution in [2.45, 2.75) is 24.2 Å². The Morgan fingerprint density at radius 1 is 1.16 bits per heavy atom. The van der Waals surface area contributed by atoms with Gasteiger partial charge >= 0.3 is 0 Å². The number of ether oxygens (including phenoxy) is 1. The van der Waals surface area contributed by atoms with Crippen LogP contribution in [0.5, 0.6) is 5.75 Å². The molecular weight excluding hydrogens is 418 g/mol. The number of amides is 2. The number of pyridine rings is 1. The number of rotatable bonds is 6. The van der Waals surface area contributed by atoms with Crippen LogP contribution in [0.1, 0.15) is 24.8 Å². The normalized spacial score (nSPS) is 16.7. The summed E-state index contributed by atoms with van der Waals surface area (Å²) in [6.07, 6.45) is 1.50. The molecule has 2 amide bonds. The van der Waals surface area contributed by atoms with Gasteiger partial charge in [-0.1, -0.05) is 18.2 Å². The molecule has 3 aromatic rings. The summed E-state index contributed by atoms with van der Waals surface area (Å²) in [5, 5.41) is 0.785. The summed E-state index contributed by atoms with van der Waals surface area (Å²) in [4.78, 5) is 30.4. The monoisotopic (exact) mass is 439 g/mol. The highest BCUT2D eigenvalue weighted by Crippen LogP contribution is 2.36. The van der Waals surface area contributed by atoms with Gasteiger partial charge in [-0.05, 0) is 42.8 Å². The first-order valence-corrected chi connectivity index (χ1v) is 11.2. The molecule has 4 rings (SSSR count). The number of anilines is 1. The van der Waals surface area contributed by atoms with Crippen LogP contribution < -0.4 is 9.46 Å². The molecule has 2 aromatic carbocycles. The molecule has 1 unspecified atom stereocenters. The zero-order valence-electron chi connectivity index (χ0n) is 17.0. The van der Waals surface area contributed by atoms with E-state index >= 15 is 0 Å². The summed E-state index contributed by atoms with van der Waals surface area (Å²) in [7, 11) is -2.64. The Kier molecular flexibility index (Phi) is 5.36. The third-order valence-corrected chi connectivity index (χ3v) is 6.76. The number of nitrogens with one attached hydrogen (secondary N) is 1. The van der Waals surface area contributed by atoms with Crippen LogP contribution in [0.2, 0.25) is 0 Å². The lowest BCUT2D eigenvalue weighted by Crippen LogP contribution is -2.30. The number of likely N-dealkylation sites (tertiary alicyclic amines) is 1. The van der Waals surface area contributed by atoms with Crippen LogP contribution in [0.4, 0.5) is 5.69 Å². The minimum Gasteiger partial charge on any atom is -0.497 e. The molecule has 0 saturated carbocycles. The lowest BCUT2D eigenvalue weighted by Gasteiger charge is -2.18. The minimum absolute atomic E-state index is 0.0784. The summed E-state index contributed by atoms with van der Waals surface area (Å²) < 4.78 is 34.6. The van der Waals surface area contributed by atoms with Crippen LogP contribution in [-0.2, 0) is 19.6 Å². The van der Waals surface area contributed by atoms with Gasteiger partial charge in [0.1, 0.15) is 5.75 Å². The number of likely N-dealkylation sites (N-methyl/N-ethyl adjacent to an activating group) is 1. The van der Waals surface area contributed by atoms with Crippen molar-refractivity contribution >= 4 is 38.4 Å². The highest BCUT2D eigenvalue weighted by molar-refractivity contribution is 7.92. The number of hydrogen-bond donors (Lipinski definition) is 1. The summed E-state index contributed by atoms with van der Waals surface area (Å²) in [5.74, 6) is -1.23. The van der Waals surface area contributed by atoms with Crippen molar-refractivity contribution in [3.8, 4) is 5.75 Å². The van der Waals surface area contributed by atoms with Gasteiger partial charge in [0.25, 0.3) is 10.0 Å². The molecule has 1 atom stereocenters. The first-order valence-electron chi connectivity index (χ1n) is 9.74.